The van der Waals surface area contributed by atoms with Gasteiger partial charge >= 0.3 is 0 Å². The summed E-state index contributed by atoms with van der Waals surface area (Å²) in [4.78, 5) is 29.4. The Morgan fingerprint density at radius 1 is 0.824 bits per heavy atom. The number of furan rings is 1. The van der Waals surface area contributed by atoms with Crippen molar-refractivity contribution >= 4 is 17.5 Å². The first-order valence-electron chi connectivity index (χ1n) is 11.0. The fourth-order valence-electron chi connectivity index (χ4n) is 3.69. The van der Waals surface area contributed by atoms with Gasteiger partial charge < -0.3 is 14.2 Å². The van der Waals surface area contributed by atoms with E-state index in [2.05, 4.69) is 0 Å². The standard InChI is InChI=1S/C28H25FN2O3/c1-30(20-26-14-7-15-34-26)27(32)17-22-10-5-13-25(16-22)31(19-21-8-3-2-4-9-21)28(33)23-11-6-12-24(29)18-23/h2-16,18H,17,19-20H2,1H3. The Kier molecular flexibility index (Phi) is 7.18. The topological polar surface area (TPSA) is 53.8 Å². The van der Waals surface area contributed by atoms with Crippen molar-refractivity contribution in [3.8, 4) is 0 Å². The predicted octanol–water partition coefficient (Wildman–Crippen LogP) is 5.47. The fourth-order valence-corrected chi connectivity index (χ4v) is 3.69. The summed E-state index contributed by atoms with van der Waals surface area (Å²) in [7, 11) is 1.73. The smallest absolute Gasteiger partial charge is 0.258 e. The van der Waals surface area contributed by atoms with Gasteiger partial charge in [-0.2, -0.15) is 0 Å². The molecule has 2 amide bonds. The van der Waals surface area contributed by atoms with Crippen LogP contribution in [0.5, 0.6) is 0 Å². The van der Waals surface area contributed by atoms with E-state index in [1.807, 2.05) is 60.7 Å². The first kappa shape index (κ1) is 23.0. The Morgan fingerprint density at radius 2 is 1.59 bits per heavy atom. The van der Waals surface area contributed by atoms with E-state index in [-0.39, 0.29) is 23.8 Å². The molecule has 4 aromatic rings. The molecule has 172 valence electrons. The molecule has 0 atom stereocenters. The highest BCUT2D eigenvalue weighted by atomic mass is 19.1. The van der Waals surface area contributed by atoms with Gasteiger partial charge in [0.05, 0.1) is 25.8 Å². The van der Waals surface area contributed by atoms with Gasteiger partial charge in [0.1, 0.15) is 11.6 Å². The van der Waals surface area contributed by atoms with Crippen LogP contribution in [0.2, 0.25) is 0 Å². The molecular weight excluding hydrogens is 431 g/mol. The Balaban J connectivity index is 1.58. The highest BCUT2D eigenvalue weighted by molar-refractivity contribution is 6.06. The normalized spacial score (nSPS) is 10.6. The van der Waals surface area contributed by atoms with Crippen molar-refractivity contribution in [2.24, 2.45) is 0 Å². The second kappa shape index (κ2) is 10.6. The number of nitrogens with zero attached hydrogens (tertiary/aromatic N) is 2. The Hall–Kier alpha value is -4.19. The number of rotatable bonds is 8. The van der Waals surface area contributed by atoms with E-state index in [1.165, 1.54) is 18.2 Å². The molecule has 34 heavy (non-hydrogen) atoms. The summed E-state index contributed by atoms with van der Waals surface area (Å²) in [5, 5.41) is 0. The van der Waals surface area contributed by atoms with Crippen molar-refractivity contribution in [3.63, 3.8) is 0 Å². The minimum atomic E-state index is -0.468. The molecule has 0 spiro atoms. The van der Waals surface area contributed by atoms with Crippen molar-refractivity contribution in [2.75, 3.05) is 11.9 Å². The largest absolute Gasteiger partial charge is 0.467 e. The lowest BCUT2D eigenvalue weighted by Gasteiger charge is -2.24. The summed E-state index contributed by atoms with van der Waals surface area (Å²) < 4.78 is 19.1. The van der Waals surface area contributed by atoms with Crippen LogP contribution < -0.4 is 4.90 Å². The lowest BCUT2D eigenvalue weighted by Crippen LogP contribution is -2.31. The Morgan fingerprint density at radius 3 is 2.32 bits per heavy atom. The lowest BCUT2D eigenvalue weighted by molar-refractivity contribution is -0.129. The third kappa shape index (κ3) is 5.78. The quantitative estimate of drug-likeness (QED) is 0.353. The van der Waals surface area contributed by atoms with Crippen LogP contribution in [-0.2, 0) is 24.3 Å². The molecule has 0 unspecified atom stereocenters. The maximum atomic E-state index is 13.8. The number of anilines is 1. The van der Waals surface area contributed by atoms with Crippen LogP contribution in [0, 0.1) is 5.82 Å². The van der Waals surface area contributed by atoms with Gasteiger partial charge in [-0.25, -0.2) is 4.39 Å². The zero-order valence-corrected chi connectivity index (χ0v) is 18.9. The zero-order chi connectivity index (χ0) is 23.9. The van der Waals surface area contributed by atoms with E-state index < -0.39 is 5.82 Å². The molecular formula is C28H25FN2O3. The number of carbonyl (C=O) groups is 2. The summed E-state index contributed by atoms with van der Waals surface area (Å²) in [6.45, 7) is 0.690. The van der Waals surface area contributed by atoms with Crippen LogP contribution in [0.3, 0.4) is 0 Å². The Bertz CT molecular complexity index is 1260. The summed E-state index contributed by atoms with van der Waals surface area (Å²) in [6.07, 6.45) is 1.76. The van der Waals surface area contributed by atoms with Gasteiger partial charge in [0.2, 0.25) is 5.91 Å². The number of halogens is 1. The molecule has 0 bridgehead atoms. The second-order valence-corrected chi connectivity index (χ2v) is 8.06. The highest BCUT2D eigenvalue weighted by Crippen LogP contribution is 2.23. The van der Waals surface area contributed by atoms with Gasteiger partial charge in [-0.15, -0.1) is 0 Å². The molecule has 0 aliphatic carbocycles. The maximum Gasteiger partial charge on any atom is 0.258 e. The van der Waals surface area contributed by atoms with Crippen LogP contribution in [0.25, 0.3) is 0 Å². The van der Waals surface area contributed by atoms with E-state index in [0.29, 0.717) is 24.5 Å². The van der Waals surface area contributed by atoms with E-state index in [0.717, 1.165) is 11.1 Å². The molecule has 1 aromatic heterocycles. The molecule has 0 saturated heterocycles. The first-order valence-corrected chi connectivity index (χ1v) is 11.0. The molecule has 0 radical (unpaired) electrons. The van der Waals surface area contributed by atoms with Crippen molar-refractivity contribution in [2.45, 2.75) is 19.5 Å². The third-order valence-corrected chi connectivity index (χ3v) is 5.48. The average molecular weight is 457 g/mol. The minimum absolute atomic E-state index is 0.0698. The summed E-state index contributed by atoms with van der Waals surface area (Å²) >= 11 is 0. The van der Waals surface area contributed by atoms with Crippen LogP contribution in [0.1, 0.15) is 27.2 Å². The average Bonchev–Trinajstić information content (AvgIpc) is 3.36. The van der Waals surface area contributed by atoms with Gasteiger partial charge in [-0.1, -0.05) is 48.5 Å². The van der Waals surface area contributed by atoms with Gasteiger partial charge in [-0.05, 0) is 53.6 Å². The van der Waals surface area contributed by atoms with Crippen molar-refractivity contribution in [3.05, 3.63) is 126 Å². The lowest BCUT2D eigenvalue weighted by atomic mass is 10.1. The number of carbonyl (C=O) groups excluding carboxylic acids is 2. The summed E-state index contributed by atoms with van der Waals surface area (Å²) in [5.74, 6) is -0.148. The van der Waals surface area contributed by atoms with Gasteiger partial charge in [0.25, 0.3) is 5.91 Å². The number of hydrogen-bond donors (Lipinski definition) is 0. The van der Waals surface area contributed by atoms with E-state index in [9.17, 15) is 14.0 Å². The number of likely N-dealkylation sites (N-methyl/N-ethyl adjacent to an activating group) is 1. The van der Waals surface area contributed by atoms with Crippen LogP contribution in [-0.4, -0.2) is 23.8 Å². The number of hydrogen-bond acceptors (Lipinski definition) is 3. The van der Waals surface area contributed by atoms with Crippen LogP contribution in [0.15, 0.2) is 102 Å². The maximum absolute atomic E-state index is 13.8. The van der Waals surface area contributed by atoms with Gasteiger partial charge in [0, 0.05) is 18.3 Å². The van der Waals surface area contributed by atoms with E-state index in [4.69, 9.17) is 4.42 Å². The molecule has 6 heteroatoms. The summed E-state index contributed by atoms with van der Waals surface area (Å²) in [5.41, 5.74) is 2.61. The zero-order valence-electron chi connectivity index (χ0n) is 18.9. The van der Waals surface area contributed by atoms with Crippen LogP contribution >= 0.6 is 0 Å². The fraction of sp³-hybridized carbons (Fsp3) is 0.143. The molecule has 0 aliphatic rings. The molecule has 0 aliphatic heterocycles. The molecule has 1 heterocycles. The SMILES string of the molecule is CN(Cc1ccco1)C(=O)Cc1cccc(N(Cc2ccccc2)C(=O)c2cccc(F)c2)c1. The van der Waals surface area contributed by atoms with Crippen molar-refractivity contribution in [1.82, 2.24) is 4.90 Å². The van der Waals surface area contributed by atoms with Gasteiger partial charge in [0.15, 0.2) is 0 Å². The summed E-state index contributed by atoms with van der Waals surface area (Å²) in [6, 6.07) is 26.2. The predicted molar refractivity (Wildman–Crippen MR) is 129 cm³/mol. The number of benzene rings is 3. The first-order chi connectivity index (χ1) is 16.5. The Labute approximate surface area is 198 Å². The van der Waals surface area contributed by atoms with Crippen molar-refractivity contribution < 1.29 is 18.4 Å². The van der Waals surface area contributed by atoms with E-state index >= 15 is 0 Å². The molecule has 0 fully saturated rings. The third-order valence-electron chi connectivity index (χ3n) is 5.48. The molecule has 5 nitrogen and oxygen atoms in total. The number of amides is 2. The molecule has 0 N–H and O–H groups in total. The van der Waals surface area contributed by atoms with Crippen LogP contribution in [0.4, 0.5) is 10.1 Å². The molecule has 0 saturated carbocycles. The second-order valence-electron chi connectivity index (χ2n) is 8.06. The van der Waals surface area contributed by atoms with Gasteiger partial charge in [-0.3, -0.25) is 9.59 Å². The molecule has 4 rings (SSSR count). The van der Waals surface area contributed by atoms with Crippen molar-refractivity contribution in [1.29, 1.82) is 0 Å². The molecule has 3 aromatic carbocycles. The highest BCUT2D eigenvalue weighted by Gasteiger charge is 2.20. The monoisotopic (exact) mass is 456 g/mol. The minimum Gasteiger partial charge on any atom is -0.467 e. The van der Waals surface area contributed by atoms with E-state index in [1.54, 1.807) is 35.2 Å².